The van der Waals surface area contributed by atoms with Crippen LogP contribution in [-0.4, -0.2) is 55.1 Å². The molecule has 3 rings (SSSR count). The number of aromatic nitrogens is 1. The molecule has 0 fully saturated rings. The number of amides is 1. The van der Waals surface area contributed by atoms with Gasteiger partial charge in [0.15, 0.2) is 0 Å². The highest BCUT2D eigenvalue weighted by Crippen LogP contribution is 2.29. The number of methoxy groups -OCH3 is 1. The minimum absolute atomic E-state index is 0.0104. The molecule has 0 aliphatic heterocycles. The number of carboxylic acids is 1. The van der Waals surface area contributed by atoms with E-state index >= 15 is 0 Å². The van der Waals surface area contributed by atoms with Crippen LogP contribution < -0.4 is 9.46 Å². The van der Waals surface area contributed by atoms with Crippen LogP contribution in [0.4, 0.5) is 5.69 Å². The molecule has 0 unspecified atom stereocenters. The van der Waals surface area contributed by atoms with Crippen LogP contribution in [0, 0.1) is 0 Å². The van der Waals surface area contributed by atoms with Gasteiger partial charge in [-0.15, -0.1) is 0 Å². The number of hydrogen-bond acceptors (Lipinski definition) is 5. The number of carbonyl (C=O) groups excluding carboxylic acids is 1. The molecule has 2 aromatic carbocycles. The van der Waals surface area contributed by atoms with Crippen molar-refractivity contribution >= 4 is 44.6 Å². The van der Waals surface area contributed by atoms with Crippen LogP contribution >= 0.6 is 0 Å². The highest BCUT2D eigenvalue weighted by molar-refractivity contribution is 7.92. The number of rotatable bonds is 10. The minimum atomic E-state index is -4.04. The van der Waals surface area contributed by atoms with E-state index in [0.29, 0.717) is 24.3 Å². The molecule has 0 atom stereocenters. The van der Waals surface area contributed by atoms with Crippen LogP contribution in [0.15, 0.2) is 59.6 Å². The fraction of sp³-hybridized carbons (Fsp3) is 0.250. The number of nitrogens with one attached hydrogen (secondary N) is 1. The minimum Gasteiger partial charge on any atom is -0.495 e. The third kappa shape index (κ3) is 5.57. The fourth-order valence-corrected chi connectivity index (χ4v) is 4.86. The van der Waals surface area contributed by atoms with E-state index < -0.39 is 16.0 Å². The third-order valence-electron chi connectivity index (χ3n) is 5.34. The van der Waals surface area contributed by atoms with Gasteiger partial charge in [0, 0.05) is 42.0 Å². The van der Waals surface area contributed by atoms with Gasteiger partial charge in [0.25, 0.3) is 10.0 Å². The van der Waals surface area contributed by atoms with Gasteiger partial charge in [-0.3, -0.25) is 9.52 Å². The van der Waals surface area contributed by atoms with Gasteiger partial charge in [0.2, 0.25) is 5.91 Å². The number of fused-ring (bicyclic) bond motifs is 1. The van der Waals surface area contributed by atoms with Crippen molar-refractivity contribution in [3.8, 4) is 5.75 Å². The summed E-state index contributed by atoms with van der Waals surface area (Å²) >= 11 is 0. The topological polar surface area (TPSA) is 118 Å². The highest BCUT2D eigenvalue weighted by atomic mass is 32.2. The Labute approximate surface area is 198 Å². The van der Waals surface area contributed by atoms with Crippen molar-refractivity contribution in [2.45, 2.75) is 25.3 Å². The molecule has 0 aliphatic carbocycles. The van der Waals surface area contributed by atoms with Crippen LogP contribution in [0.5, 0.6) is 5.75 Å². The summed E-state index contributed by atoms with van der Waals surface area (Å²) in [6.07, 6.45) is 4.02. The van der Waals surface area contributed by atoms with E-state index in [1.807, 2.05) is 24.5 Å². The molecule has 9 nitrogen and oxygen atoms in total. The Bertz CT molecular complexity index is 1340. The molecule has 1 heterocycles. The molecule has 34 heavy (non-hydrogen) atoms. The van der Waals surface area contributed by atoms with Gasteiger partial charge >= 0.3 is 5.97 Å². The summed E-state index contributed by atoms with van der Waals surface area (Å²) in [6.45, 7) is 5.33. The van der Waals surface area contributed by atoms with E-state index in [9.17, 15) is 18.0 Å². The van der Waals surface area contributed by atoms with Gasteiger partial charge < -0.3 is 19.3 Å². The number of hydrogen-bond donors (Lipinski definition) is 2. The van der Waals surface area contributed by atoms with Gasteiger partial charge in [-0.25, -0.2) is 13.2 Å². The largest absolute Gasteiger partial charge is 0.495 e. The van der Waals surface area contributed by atoms with Crippen molar-refractivity contribution in [3.05, 3.63) is 60.3 Å². The molecule has 1 amide bonds. The predicted molar refractivity (Wildman–Crippen MR) is 130 cm³/mol. The zero-order valence-corrected chi connectivity index (χ0v) is 20.0. The Balaban J connectivity index is 1.88. The maximum absolute atomic E-state index is 13.1. The van der Waals surface area contributed by atoms with E-state index in [1.54, 1.807) is 35.4 Å². The number of aliphatic carboxylic acids is 1. The van der Waals surface area contributed by atoms with E-state index in [4.69, 9.17) is 9.84 Å². The van der Waals surface area contributed by atoms with Gasteiger partial charge in [-0.1, -0.05) is 6.07 Å². The average Bonchev–Trinajstić information content (AvgIpc) is 3.19. The second-order valence-corrected chi connectivity index (χ2v) is 9.12. The summed E-state index contributed by atoms with van der Waals surface area (Å²) in [4.78, 5) is 24.9. The average molecular weight is 486 g/mol. The van der Waals surface area contributed by atoms with Crippen molar-refractivity contribution in [3.63, 3.8) is 0 Å². The Morgan fingerprint density at radius 3 is 2.50 bits per heavy atom. The second-order valence-electron chi connectivity index (χ2n) is 7.47. The van der Waals surface area contributed by atoms with Crippen molar-refractivity contribution in [2.75, 3.05) is 24.9 Å². The molecule has 0 saturated carbocycles. The number of anilines is 1. The van der Waals surface area contributed by atoms with Gasteiger partial charge in [-0.2, -0.15) is 0 Å². The van der Waals surface area contributed by atoms with Crippen molar-refractivity contribution in [2.24, 2.45) is 0 Å². The number of ether oxygens (including phenoxy) is 1. The monoisotopic (exact) mass is 485 g/mol. The number of carbonyl (C=O) groups is 2. The van der Waals surface area contributed by atoms with Gasteiger partial charge in [0.1, 0.15) is 17.2 Å². The molecule has 0 radical (unpaired) electrons. The zero-order chi connectivity index (χ0) is 24.9. The molecule has 1 aromatic heterocycles. The van der Waals surface area contributed by atoms with E-state index in [2.05, 4.69) is 4.72 Å². The quantitative estimate of drug-likeness (QED) is 0.425. The number of benzene rings is 2. The van der Waals surface area contributed by atoms with E-state index in [1.165, 1.54) is 25.3 Å². The smallest absolute Gasteiger partial charge is 0.328 e. The molecule has 0 saturated heterocycles. The highest BCUT2D eigenvalue weighted by Gasteiger charge is 2.21. The van der Waals surface area contributed by atoms with E-state index in [0.717, 1.165) is 17.0 Å². The molecule has 0 aliphatic rings. The van der Waals surface area contributed by atoms with Gasteiger partial charge in [-0.05, 0) is 61.9 Å². The number of carboxylic acid groups (broad SMARTS) is 1. The van der Waals surface area contributed by atoms with Gasteiger partial charge in [0.05, 0.1) is 7.11 Å². The zero-order valence-electron chi connectivity index (χ0n) is 19.2. The lowest BCUT2D eigenvalue weighted by Crippen LogP contribution is -2.33. The van der Waals surface area contributed by atoms with Crippen molar-refractivity contribution in [1.29, 1.82) is 0 Å². The third-order valence-corrected chi connectivity index (χ3v) is 6.74. The lowest BCUT2D eigenvalue weighted by molar-refractivity contribution is -0.132. The summed E-state index contributed by atoms with van der Waals surface area (Å²) in [5, 5.41) is 9.60. The Morgan fingerprint density at radius 1 is 1.12 bits per heavy atom. The standard InChI is InChI=1S/C24H27N3O6S/c1-4-26(5-2)23(28)16-27-13-12-18-15-19(8-9-20(18)27)25-34(31,32)22-14-17(7-11-24(29)30)6-10-21(22)33-3/h6-15,25H,4-5,16H2,1-3H3,(H,29,30)/b11-7+. The van der Waals surface area contributed by atoms with Crippen molar-refractivity contribution in [1.82, 2.24) is 9.47 Å². The lowest BCUT2D eigenvalue weighted by Gasteiger charge is -2.19. The number of nitrogens with zero attached hydrogens (tertiary/aromatic N) is 2. The second kappa shape index (κ2) is 10.4. The molecule has 0 spiro atoms. The first-order valence-corrected chi connectivity index (χ1v) is 12.1. The lowest BCUT2D eigenvalue weighted by atomic mass is 10.2. The fourth-order valence-electron chi connectivity index (χ4n) is 3.61. The molecular formula is C24H27N3O6S. The first kappa shape index (κ1) is 24.8. The summed E-state index contributed by atoms with van der Waals surface area (Å²) in [5.74, 6) is -1.00. The Hall–Kier alpha value is -3.79. The first-order valence-electron chi connectivity index (χ1n) is 10.7. The summed E-state index contributed by atoms with van der Waals surface area (Å²) in [5.41, 5.74) is 1.55. The molecule has 180 valence electrons. The van der Waals surface area contributed by atoms with Crippen LogP contribution in [0.2, 0.25) is 0 Å². The molecule has 0 bridgehead atoms. The maximum Gasteiger partial charge on any atom is 0.328 e. The molecule has 2 N–H and O–H groups in total. The molecular weight excluding hydrogens is 458 g/mol. The maximum atomic E-state index is 13.1. The van der Waals surface area contributed by atoms with Crippen molar-refractivity contribution < 1.29 is 27.9 Å². The molecule has 10 heteroatoms. The Kier molecular flexibility index (Phi) is 7.62. The van der Waals surface area contributed by atoms with Crippen LogP contribution in [0.1, 0.15) is 19.4 Å². The van der Waals surface area contributed by atoms with Crippen LogP contribution in [0.3, 0.4) is 0 Å². The first-order chi connectivity index (χ1) is 16.2. The van der Waals surface area contributed by atoms with Crippen LogP contribution in [-0.2, 0) is 26.2 Å². The SMILES string of the molecule is CCN(CC)C(=O)Cn1ccc2cc(NS(=O)(=O)c3cc(/C=C/C(=O)O)ccc3OC)ccc21. The van der Waals surface area contributed by atoms with Crippen LogP contribution in [0.25, 0.3) is 17.0 Å². The normalized spacial score (nSPS) is 11.6. The summed E-state index contributed by atoms with van der Waals surface area (Å²) in [7, 11) is -2.68. The number of sulfonamides is 1. The summed E-state index contributed by atoms with van der Waals surface area (Å²) in [6, 6.07) is 11.3. The molecule has 3 aromatic rings. The number of likely N-dealkylation sites (N-methyl/N-ethyl adjacent to an activating group) is 1. The van der Waals surface area contributed by atoms with E-state index in [-0.39, 0.29) is 23.1 Å². The Morgan fingerprint density at radius 2 is 1.85 bits per heavy atom. The summed E-state index contributed by atoms with van der Waals surface area (Å²) < 4.78 is 35.8. The predicted octanol–water partition coefficient (Wildman–Crippen LogP) is 3.42.